The Balaban J connectivity index is 1.23. The smallest absolute Gasteiger partial charge is 0.225 e. The number of para-hydroxylation sites is 1. The summed E-state index contributed by atoms with van der Waals surface area (Å²) in [6.07, 6.45) is 6.03. The van der Waals surface area contributed by atoms with Crippen molar-refractivity contribution in [3.63, 3.8) is 0 Å². The highest BCUT2D eigenvalue weighted by atomic mass is 16.5. The molecule has 1 aromatic heterocycles. The summed E-state index contributed by atoms with van der Waals surface area (Å²) in [6.45, 7) is 1.86. The maximum atomic E-state index is 5.60. The minimum absolute atomic E-state index is 0.440. The molecular formula is C28H40N6O. The quantitative estimate of drug-likeness (QED) is 0.403. The standard InChI is InChI=1S/C28H40N6O/c1-33(2)23-15-12-21(26(18-23)35-5)19-29-17-16-20-10-13-22(14-11-20)30-28-31-25-9-7-6-8-24(25)27(32-28)34(3)4/h6-9,12,15,18,20,22,29H,10-11,13-14,16-17,19H2,1-5H3,(H,30,31,32)/t20-,22+. The zero-order valence-corrected chi connectivity index (χ0v) is 21.8. The SMILES string of the molecule is COc1cc(N(C)C)ccc1CNCC[C@H]1CC[C@@H](Nc2nc(N(C)C)c3ccccc3n2)CC1. The van der Waals surface area contributed by atoms with Gasteiger partial charge in [0.25, 0.3) is 0 Å². The zero-order chi connectivity index (χ0) is 24.8. The van der Waals surface area contributed by atoms with Gasteiger partial charge in [-0.15, -0.1) is 0 Å². The van der Waals surface area contributed by atoms with E-state index in [0.29, 0.717) is 6.04 Å². The van der Waals surface area contributed by atoms with Gasteiger partial charge in [-0.2, -0.15) is 4.98 Å². The van der Waals surface area contributed by atoms with E-state index in [0.717, 1.165) is 66.0 Å². The second-order valence-electron chi connectivity index (χ2n) is 10.0. The fourth-order valence-electron chi connectivity index (χ4n) is 4.93. The predicted octanol–water partition coefficient (Wildman–Crippen LogP) is 4.92. The van der Waals surface area contributed by atoms with Crippen molar-refractivity contribution in [2.45, 2.75) is 44.7 Å². The van der Waals surface area contributed by atoms with Crippen molar-refractivity contribution in [1.82, 2.24) is 15.3 Å². The number of benzene rings is 2. The van der Waals surface area contributed by atoms with Gasteiger partial charge in [0.1, 0.15) is 11.6 Å². The number of nitrogens with zero attached hydrogens (tertiary/aromatic N) is 4. The Hall–Kier alpha value is -3.06. The van der Waals surface area contributed by atoms with E-state index in [4.69, 9.17) is 14.7 Å². The average molecular weight is 477 g/mol. The van der Waals surface area contributed by atoms with Crippen LogP contribution in [0.15, 0.2) is 42.5 Å². The summed E-state index contributed by atoms with van der Waals surface area (Å²) >= 11 is 0. The van der Waals surface area contributed by atoms with Gasteiger partial charge in [-0.25, -0.2) is 4.98 Å². The molecule has 0 amide bonds. The van der Waals surface area contributed by atoms with Crippen molar-refractivity contribution in [3.8, 4) is 5.75 Å². The highest BCUT2D eigenvalue weighted by Crippen LogP contribution is 2.30. The number of methoxy groups -OCH3 is 1. The van der Waals surface area contributed by atoms with Crippen LogP contribution in [0.5, 0.6) is 5.75 Å². The monoisotopic (exact) mass is 476 g/mol. The molecule has 0 bridgehead atoms. The number of hydrogen-bond donors (Lipinski definition) is 2. The van der Waals surface area contributed by atoms with Gasteiger partial charge in [-0.05, 0) is 62.8 Å². The van der Waals surface area contributed by atoms with E-state index in [1.807, 2.05) is 40.3 Å². The number of ether oxygens (including phenoxy) is 1. The van der Waals surface area contributed by atoms with Crippen LogP contribution in [0, 0.1) is 5.92 Å². The molecule has 0 aliphatic heterocycles. The van der Waals surface area contributed by atoms with Crippen molar-refractivity contribution < 1.29 is 4.74 Å². The van der Waals surface area contributed by atoms with Gasteiger partial charge in [-0.1, -0.05) is 18.2 Å². The van der Waals surface area contributed by atoms with Crippen molar-refractivity contribution >= 4 is 28.4 Å². The van der Waals surface area contributed by atoms with E-state index in [1.54, 1.807) is 7.11 Å². The first-order chi connectivity index (χ1) is 16.9. The van der Waals surface area contributed by atoms with Crippen LogP contribution in [-0.4, -0.2) is 57.9 Å². The van der Waals surface area contributed by atoms with Crippen LogP contribution < -0.4 is 25.2 Å². The molecule has 2 aromatic carbocycles. The minimum atomic E-state index is 0.440. The molecular weight excluding hydrogens is 436 g/mol. The Morgan fingerprint density at radius 1 is 0.943 bits per heavy atom. The Bertz CT molecular complexity index is 1110. The van der Waals surface area contributed by atoms with Gasteiger partial charge in [-0.3, -0.25) is 0 Å². The maximum absolute atomic E-state index is 5.60. The molecule has 1 aliphatic rings. The van der Waals surface area contributed by atoms with E-state index >= 15 is 0 Å². The van der Waals surface area contributed by atoms with E-state index in [2.05, 4.69) is 50.8 Å². The van der Waals surface area contributed by atoms with Crippen LogP contribution in [0.3, 0.4) is 0 Å². The lowest BCUT2D eigenvalue weighted by Gasteiger charge is -2.29. The predicted molar refractivity (Wildman–Crippen MR) is 147 cm³/mol. The van der Waals surface area contributed by atoms with Crippen LogP contribution >= 0.6 is 0 Å². The zero-order valence-electron chi connectivity index (χ0n) is 21.8. The second-order valence-corrected chi connectivity index (χ2v) is 10.0. The Morgan fingerprint density at radius 2 is 1.71 bits per heavy atom. The molecule has 0 atom stereocenters. The van der Waals surface area contributed by atoms with Gasteiger partial charge >= 0.3 is 0 Å². The molecule has 1 saturated carbocycles. The average Bonchev–Trinajstić information content (AvgIpc) is 2.87. The lowest BCUT2D eigenvalue weighted by Crippen LogP contribution is -2.28. The van der Waals surface area contributed by atoms with E-state index in [-0.39, 0.29) is 0 Å². The van der Waals surface area contributed by atoms with Crippen molar-refractivity contribution in [2.75, 3.05) is 57.0 Å². The van der Waals surface area contributed by atoms with Gasteiger partial charge < -0.3 is 25.2 Å². The van der Waals surface area contributed by atoms with E-state index in [9.17, 15) is 0 Å². The highest BCUT2D eigenvalue weighted by Gasteiger charge is 2.22. The number of rotatable bonds is 10. The summed E-state index contributed by atoms with van der Waals surface area (Å²) in [5.41, 5.74) is 3.35. The molecule has 0 unspecified atom stereocenters. The fraction of sp³-hybridized carbons (Fsp3) is 0.500. The number of fused-ring (bicyclic) bond motifs is 1. The van der Waals surface area contributed by atoms with Crippen LogP contribution in [0.25, 0.3) is 10.9 Å². The van der Waals surface area contributed by atoms with Crippen LogP contribution in [0.1, 0.15) is 37.7 Å². The molecule has 7 heteroatoms. The minimum Gasteiger partial charge on any atom is -0.496 e. The molecule has 188 valence electrons. The van der Waals surface area contributed by atoms with Gasteiger partial charge in [0.05, 0.1) is 12.6 Å². The molecule has 1 heterocycles. The number of anilines is 3. The highest BCUT2D eigenvalue weighted by molar-refractivity contribution is 5.90. The summed E-state index contributed by atoms with van der Waals surface area (Å²) in [5.74, 6) is 3.43. The van der Waals surface area contributed by atoms with E-state index in [1.165, 1.54) is 24.8 Å². The third-order valence-electron chi connectivity index (χ3n) is 7.02. The van der Waals surface area contributed by atoms with Crippen molar-refractivity contribution in [1.29, 1.82) is 0 Å². The Kier molecular flexibility index (Phi) is 8.29. The topological polar surface area (TPSA) is 65.6 Å². The van der Waals surface area contributed by atoms with Crippen molar-refractivity contribution in [2.24, 2.45) is 5.92 Å². The first kappa shape index (κ1) is 25.0. The lowest BCUT2D eigenvalue weighted by molar-refractivity contribution is 0.316. The van der Waals surface area contributed by atoms with Gasteiger partial charge in [0.2, 0.25) is 5.95 Å². The van der Waals surface area contributed by atoms with Gasteiger partial charge in [0, 0.05) is 63.5 Å². The van der Waals surface area contributed by atoms with Crippen molar-refractivity contribution in [3.05, 3.63) is 48.0 Å². The first-order valence-corrected chi connectivity index (χ1v) is 12.7. The molecule has 2 N–H and O–H groups in total. The number of hydrogen-bond acceptors (Lipinski definition) is 7. The van der Waals surface area contributed by atoms with Crippen LogP contribution in [0.4, 0.5) is 17.5 Å². The van der Waals surface area contributed by atoms with Crippen LogP contribution in [0.2, 0.25) is 0 Å². The molecule has 1 aliphatic carbocycles. The molecule has 4 rings (SSSR count). The maximum Gasteiger partial charge on any atom is 0.225 e. The Morgan fingerprint density at radius 3 is 2.43 bits per heavy atom. The lowest BCUT2D eigenvalue weighted by atomic mass is 9.84. The summed E-state index contributed by atoms with van der Waals surface area (Å²) in [5, 5.41) is 8.33. The second kappa shape index (κ2) is 11.6. The molecule has 7 nitrogen and oxygen atoms in total. The normalized spacial score (nSPS) is 17.9. The summed E-state index contributed by atoms with van der Waals surface area (Å²) in [7, 11) is 9.91. The first-order valence-electron chi connectivity index (χ1n) is 12.7. The molecule has 1 fully saturated rings. The molecule has 35 heavy (non-hydrogen) atoms. The number of aromatic nitrogens is 2. The largest absolute Gasteiger partial charge is 0.496 e. The third-order valence-corrected chi connectivity index (χ3v) is 7.02. The van der Waals surface area contributed by atoms with Crippen LogP contribution in [-0.2, 0) is 6.54 Å². The van der Waals surface area contributed by atoms with E-state index < -0.39 is 0 Å². The third kappa shape index (κ3) is 6.34. The number of nitrogens with one attached hydrogen (secondary N) is 2. The Labute approximate surface area is 209 Å². The molecule has 3 aromatic rings. The summed E-state index contributed by atoms with van der Waals surface area (Å²) in [6, 6.07) is 15.1. The molecule has 0 radical (unpaired) electrons. The summed E-state index contributed by atoms with van der Waals surface area (Å²) < 4.78 is 5.60. The summed E-state index contributed by atoms with van der Waals surface area (Å²) in [4.78, 5) is 13.7. The molecule has 0 saturated heterocycles. The fourth-order valence-corrected chi connectivity index (χ4v) is 4.93. The van der Waals surface area contributed by atoms with Gasteiger partial charge in [0.15, 0.2) is 0 Å². The molecule has 0 spiro atoms.